The summed E-state index contributed by atoms with van der Waals surface area (Å²) in [5, 5.41) is 1.81. The van der Waals surface area contributed by atoms with E-state index in [4.69, 9.17) is 0 Å². The number of nitrogens with zero attached hydrogens (tertiary/aromatic N) is 1. The van der Waals surface area contributed by atoms with Gasteiger partial charge in [-0.25, -0.2) is 5.43 Å². The number of hydrogen-bond donors (Lipinski definition) is 1. The summed E-state index contributed by atoms with van der Waals surface area (Å²) in [6, 6.07) is 4.54. The zero-order valence-electron chi connectivity index (χ0n) is 11.2. The van der Waals surface area contributed by atoms with Crippen LogP contribution >= 0.6 is 15.9 Å². The molecule has 1 heterocycles. The van der Waals surface area contributed by atoms with E-state index in [1.54, 1.807) is 5.01 Å². The van der Waals surface area contributed by atoms with Gasteiger partial charge in [-0.15, -0.1) is 0 Å². The molecule has 0 atom stereocenters. The highest BCUT2D eigenvalue weighted by Gasteiger charge is 2.31. The Labute approximate surface area is 122 Å². The molecule has 1 saturated carbocycles. The zero-order valence-corrected chi connectivity index (χ0v) is 12.8. The molecule has 1 aromatic carbocycles. The van der Waals surface area contributed by atoms with Crippen LogP contribution in [0.25, 0.3) is 0 Å². The molecule has 0 unspecified atom stereocenters. The van der Waals surface area contributed by atoms with Crippen molar-refractivity contribution < 1.29 is 4.79 Å². The van der Waals surface area contributed by atoms with Crippen LogP contribution in [0.2, 0.25) is 0 Å². The van der Waals surface area contributed by atoms with Crippen molar-refractivity contribution in [3.05, 3.63) is 33.3 Å². The summed E-state index contributed by atoms with van der Waals surface area (Å²) in [7, 11) is 0. The first-order valence-corrected chi connectivity index (χ1v) is 7.81. The van der Waals surface area contributed by atoms with Crippen LogP contribution in [0.1, 0.15) is 53.6 Å². The van der Waals surface area contributed by atoms with Crippen LogP contribution in [0, 0.1) is 6.92 Å². The first-order chi connectivity index (χ1) is 9.15. The summed E-state index contributed by atoms with van der Waals surface area (Å²) < 4.78 is 1.05. The van der Waals surface area contributed by atoms with Gasteiger partial charge in [0.1, 0.15) is 0 Å². The summed E-state index contributed by atoms with van der Waals surface area (Å²) in [5.74, 6) is 0.130. The highest BCUT2D eigenvalue weighted by molar-refractivity contribution is 9.10. The van der Waals surface area contributed by atoms with E-state index < -0.39 is 0 Å². The van der Waals surface area contributed by atoms with Crippen molar-refractivity contribution in [2.75, 3.05) is 0 Å². The Balaban J connectivity index is 1.77. The number of halogens is 1. The third kappa shape index (κ3) is 2.56. The molecular weight excluding hydrogens is 304 g/mol. The van der Waals surface area contributed by atoms with Gasteiger partial charge in [0.05, 0.1) is 6.54 Å². The first-order valence-electron chi connectivity index (χ1n) is 7.02. The molecule has 1 aliphatic heterocycles. The van der Waals surface area contributed by atoms with Gasteiger partial charge in [-0.2, -0.15) is 0 Å². The van der Waals surface area contributed by atoms with E-state index in [0.717, 1.165) is 21.2 Å². The fraction of sp³-hybridized carbons (Fsp3) is 0.533. The average molecular weight is 323 g/mol. The second kappa shape index (κ2) is 5.25. The molecule has 0 aromatic heterocycles. The van der Waals surface area contributed by atoms with Crippen LogP contribution in [0.15, 0.2) is 16.6 Å². The second-order valence-corrected chi connectivity index (χ2v) is 6.53. The Bertz CT molecular complexity index is 509. The summed E-state index contributed by atoms with van der Waals surface area (Å²) >= 11 is 3.50. The molecule has 1 N–H and O–H groups in total. The van der Waals surface area contributed by atoms with Crippen LogP contribution in [-0.4, -0.2) is 17.0 Å². The van der Waals surface area contributed by atoms with Crippen molar-refractivity contribution >= 4 is 21.8 Å². The normalized spacial score (nSPS) is 19.9. The highest BCUT2D eigenvalue weighted by atomic mass is 79.9. The molecule has 19 heavy (non-hydrogen) atoms. The van der Waals surface area contributed by atoms with Gasteiger partial charge in [-0.05, 0) is 43.0 Å². The van der Waals surface area contributed by atoms with Gasteiger partial charge in [0.15, 0.2) is 0 Å². The molecule has 1 amide bonds. The van der Waals surface area contributed by atoms with E-state index in [1.807, 2.05) is 13.0 Å². The minimum atomic E-state index is 0.130. The molecule has 0 bridgehead atoms. The summed E-state index contributed by atoms with van der Waals surface area (Å²) in [6.45, 7) is 2.69. The number of carbonyl (C=O) groups excluding carboxylic acids is 1. The topological polar surface area (TPSA) is 32.3 Å². The van der Waals surface area contributed by atoms with Gasteiger partial charge in [-0.1, -0.05) is 35.2 Å². The van der Waals surface area contributed by atoms with E-state index in [2.05, 4.69) is 27.4 Å². The molecule has 1 aromatic rings. The lowest BCUT2D eigenvalue weighted by atomic mass is 9.96. The molecule has 0 saturated heterocycles. The SMILES string of the molecule is Cc1cc(Br)cc2c1C(=O)N(NC1CCCCC1)C2. The average Bonchev–Trinajstić information content (AvgIpc) is 2.67. The molecule has 0 spiro atoms. The second-order valence-electron chi connectivity index (χ2n) is 5.61. The Morgan fingerprint density at radius 3 is 2.74 bits per heavy atom. The Morgan fingerprint density at radius 2 is 2.00 bits per heavy atom. The number of aryl methyl sites for hydroxylation is 1. The maximum Gasteiger partial charge on any atom is 0.268 e. The minimum absolute atomic E-state index is 0.130. The molecule has 102 valence electrons. The number of hydrogen-bond acceptors (Lipinski definition) is 2. The third-order valence-corrected chi connectivity index (χ3v) is 4.57. The van der Waals surface area contributed by atoms with Crippen LogP contribution in [0.5, 0.6) is 0 Å². The van der Waals surface area contributed by atoms with E-state index in [1.165, 1.54) is 32.1 Å². The number of carbonyl (C=O) groups is 1. The number of fused-ring (bicyclic) bond motifs is 1. The maximum absolute atomic E-state index is 12.5. The zero-order chi connectivity index (χ0) is 13.4. The van der Waals surface area contributed by atoms with Crippen LogP contribution in [0.4, 0.5) is 0 Å². The van der Waals surface area contributed by atoms with Crippen molar-refractivity contribution in [2.45, 2.75) is 51.6 Å². The monoisotopic (exact) mass is 322 g/mol. The lowest BCUT2D eigenvalue weighted by molar-refractivity contribution is 0.0621. The Morgan fingerprint density at radius 1 is 1.26 bits per heavy atom. The first kappa shape index (κ1) is 13.1. The van der Waals surface area contributed by atoms with Crippen molar-refractivity contribution in [1.29, 1.82) is 0 Å². The summed E-state index contributed by atoms with van der Waals surface area (Å²) in [4.78, 5) is 12.5. The van der Waals surface area contributed by atoms with Crippen LogP contribution < -0.4 is 5.43 Å². The number of benzene rings is 1. The van der Waals surface area contributed by atoms with E-state index in [0.29, 0.717) is 12.6 Å². The predicted octanol–water partition coefficient (Wildman–Crippen LogP) is 3.55. The summed E-state index contributed by atoms with van der Waals surface area (Å²) in [6.07, 6.45) is 6.25. The number of hydrazine groups is 1. The Hall–Kier alpha value is -0.870. The largest absolute Gasteiger partial charge is 0.269 e. The van der Waals surface area contributed by atoms with Crippen molar-refractivity contribution in [3.8, 4) is 0 Å². The van der Waals surface area contributed by atoms with Crippen molar-refractivity contribution in [1.82, 2.24) is 10.4 Å². The van der Waals surface area contributed by atoms with Crippen molar-refractivity contribution in [3.63, 3.8) is 0 Å². The lowest BCUT2D eigenvalue weighted by Gasteiger charge is -2.28. The van der Waals surface area contributed by atoms with Gasteiger partial charge >= 0.3 is 0 Å². The lowest BCUT2D eigenvalue weighted by Crippen LogP contribution is -2.45. The fourth-order valence-electron chi connectivity index (χ4n) is 3.18. The molecule has 1 fully saturated rings. The molecule has 1 aliphatic carbocycles. The van der Waals surface area contributed by atoms with Crippen LogP contribution in [-0.2, 0) is 6.54 Å². The molecular formula is C15H19BrN2O. The maximum atomic E-state index is 12.5. The fourth-order valence-corrected chi connectivity index (χ4v) is 3.80. The van der Waals surface area contributed by atoms with Gasteiger partial charge in [0.2, 0.25) is 0 Å². The number of nitrogens with one attached hydrogen (secondary N) is 1. The van der Waals surface area contributed by atoms with Crippen molar-refractivity contribution in [2.24, 2.45) is 0 Å². The van der Waals surface area contributed by atoms with Gasteiger partial charge in [0, 0.05) is 16.1 Å². The number of amides is 1. The van der Waals surface area contributed by atoms with E-state index in [-0.39, 0.29) is 5.91 Å². The predicted molar refractivity (Wildman–Crippen MR) is 78.8 cm³/mol. The van der Waals surface area contributed by atoms with Gasteiger partial charge in [-0.3, -0.25) is 9.80 Å². The van der Waals surface area contributed by atoms with Gasteiger partial charge in [0.25, 0.3) is 5.91 Å². The van der Waals surface area contributed by atoms with E-state index in [9.17, 15) is 4.79 Å². The third-order valence-electron chi connectivity index (χ3n) is 4.11. The molecule has 3 rings (SSSR count). The van der Waals surface area contributed by atoms with Gasteiger partial charge < -0.3 is 0 Å². The highest BCUT2D eigenvalue weighted by Crippen LogP contribution is 2.29. The van der Waals surface area contributed by atoms with E-state index >= 15 is 0 Å². The molecule has 0 radical (unpaired) electrons. The smallest absolute Gasteiger partial charge is 0.268 e. The molecule has 2 aliphatic rings. The number of rotatable bonds is 2. The standard InChI is InChI=1S/C15H19BrN2O/c1-10-7-12(16)8-11-9-18(15(19)14(10)11)17-13-5-3-2-4-6-13/h7-8,13,17H,2-6,9H2,1H3. The minimum Gasteiger partial charge on any atom is -0.269 e. The molecule has 4 heteroatoms. The quantitative estimate of drug-likeness (QED) is 0.903. The summed E-state index contributed by atoms with van der Waals surface area (Å²) in [5.41, 5.74) is 6.49. The molecule has 3 nitrogen and oxygen atoms in total. The van der Waals surface area contributed by atoms with Crippen LogP contribution in [0.3, 0.4) is 0 Å². The Kier molecular flexibility index (Phi) is 3.63.